The van der Waals surface area contributed by atoms with E-state index in [4.69, 9.17) is 4.74 Å². The lowest BCUT2D eigenvalue weighted by molar-refractivity contribution is -0.558. The molecule has 0 spiro atoms. The van der Waals surface area contributed by atoms with Crippen LogP contribution in [0.5, 0.6) is 0 Å². The molecule has 2 atom stereocenters. The van der Waals surface area contributed by atoms with Gasteiger partial charge in [0.05, 0.1) is 13.0 Å². The van der Waals surface area contributed by atoms with E-state index in [1.807, 2.05) is 42.1 Å². The molecule has 0 saturated heterocycles. The summed E-state index contributed by atoms with van der Waals surface area (Å²) in [7, 11) is 3.04. The zero-order valence-electron chi connectivity index (χ0n) is 13.5. The number of aromatic nitrogens is 1. The molecule has 0 aliphatic heterocycles. The average Bonchev–Trinajstić information content (AvgIpc) is 2.88. The highest BCUT2D eigenvalue weighted by Gasteiger charge is 2.57. The summed E-state index contributed by atoms with van der Waals surface area (Å²) < 4.78 is 6.66. The smallest absolute Gasteiger partial charge is 0.385 e. The molecule has 2 aromatic rings. The Bertz CT molecular complexity index is 765. The van der Waals surface area contributed by atoms with Crippen LogP contribution in [0, 0.1) is 10.1 Å². The number of methoxy groups -OCH3 is 1. The first kappa shape index (κ1) is 16.7. The monoisotopic (exact) mass is 316 g/mol. The Balaban J connectivity index is 2.69. The number of esters is 1. The highest BCUT2D eigenvalue weighted by atomic mass is 16.6. The van der Waals surface area contributed by atoms with E-state index in [1.165, 1.54) is 13.2 Å². The molecule has 122 valence electrons. The predicted molar refractivity (Wildman–Crippen MR) is 87.9 cm³/mol. The van der Waals surface area contributed by atoms with Gasteiger partial charge >= 0.3 is 11.5 Å². The highest BCUT2D eigenvalue weighted by Crippen LogP contribution is 2.39. The molecular weight excluding hydrogens is 296 g/mol. The van der Waals surface area contributed by atoms with Crippen molar-refractivity contribution in [1.82, 2.24) is 4.57 Å². The first-order valence-electron chi connectivity index (χ1n) is 7.28. The molecule has 23 heavy (non-hydrogen) atoms. The minimum absolute atomic E-state index is 0.100. The van der Waals surface area contributed by atoms with Gasteiger partial charge in [0.2, 0.25) is 0 Å². The van der Waals surface area contributed by atoms with E-state index in [2.05, 4.69) is 6.58 Å². The van der Waals surface area contributed by atoms with Crippen molar-refractivity contribution in [3.05, 3.63) is 58.8 Å². The van der Waals surface area contributed by atoms with Gasteiger partial charge in [-0.1, -0.05) is 31.2 Å². The molecule has 0 N–H and O–H groups in total. The topological polar surface area (TPSA) is 74.4 Å². The summed E-state index contributed by atoms with van der Waals surface area (Å²) in [6, 6.07) is 7.61. The van der Waals surface area contributed by atoms with Gasteiger partial charge in [-0.3, -0.25) is 10.1 Å². The average molecular weight is 316 g/mol. The SMILES string of the molecule is C=CCC(C(=O)OC)(C(C)c1cn(C)c2ccccc12)[N+](=O)[O-]. The van der Waals surface area contributed by atoms with Crippen LogP contribution >= 0.6 is 0 Å². The van der Waals surface area contributed by atoms with Crippen LogP contribution in [0.3, 0.4) is 0 Å². The summed E-state index contributed by atoms with van der Waals surface area (Å²) in [6.07, 6.45) is 3.12. The molecule has 0 amide bonds. The predicted octanol–water partition coefficient (Wildman–Crippen LogP) is 3.05. The number of carbonyl (C=O) groups excluding carboxylic acids is 1. The van der Waals surface area contributed by atoms with Crippen LogP contribution in [0.4, 0.5) is 0 Å². The number of fused-ring (bicyclic) bond motifs is 1. The van der Waals surface area contributed by atoms with Crippen molar-refractivity contribution in [2.24, 2.45) is 7.05 Å². The second-order valence-electron chi connectivity index (χ2n) is 5.60. The van der Waals surface area contributed by atoms with Crippen LogP contribution in [0.1, 0.15) is 24.8 Å². The van der Waals surface area contributed by atoms with E-state index >= 15 is 0 Å². The van der Waals surface area contributed by atoms with E-state index < -0.39 is 22.3 Å². The van der Waals surface area contributed by atoms with Gasteiger partial charge in [-0.2, -0.15) is 0 Å². The standard InChI is InChI=1S/C17H20N2O4/c1-5-10-17(19(21)22,16(20)23-4)12(2)14-11-18(3)15-9-7-6-8-13(14)15/h5-9,11-12H,1,10H2,2-4H3. The second kappa shape index (κ2) is 6.24. The molecule has 2 rings (SSSR count). The number of ether oxygens (including phenoxy) is 1. The normalized spacial score (nSPS) is 14.9. The molecule has 0 saturated carbocycles. The number of hydrogen-bond donors (Lipinski definition) is 0. The Labute approximate surface area is 134 Å². The van der Waals surface area contributed by atoms with E-state index in [0.717, 1.165) is 16.5 Å². The molecule has 1 aromatic heterocycles. The molecule has 6 nitrogen and oxygen atoms in total. The number of para-hydroxylation sites is 1. The number of nitrogens with zero attached hydrogens (tertiary/aromatic N) is 2. The number of aryl methyl sites for hydroxylation is 1. The van der Waals surface area contributed by atoms with Crippen LogP contribution in [-0.2, 0) is 16.6 Å². The number of benzene rings is 1. The Hall–Kier alpha value is -2.63. The number of nitro groups is 1. The van der Waals surface area contributed by atoms with Gasteiger partial charge in [0.1, 0.15) is 0 Å². The largest absolute Gasteiger partial charge is 0.464 e. The van der Waals surface area contributed by atoms with Gasteiger partial charge < -0.3 is 9.30 Å². The number of hydrogen-bond acceptors (Lipinski definition) is 4. The lowest BCUT2D eigenvalue weighted by Gasteiger charge is -2.27. The first-order chi connectivity index (χ1) is 10.9. The lowest BCUT2D eigenvalue weighted by Crippen LogP contribution is -2.51. The summed E-state index contributed by atoms with van der Waals surface area (Å²) in [6.45, 7) is 5.26. The summed E-state index contributed by atoms with van der Waals surface area (Å²) in [5, 5.41) is 12.7. The van der Waals surface area contributed by atoms with Crippen molar-refractivity contribution in [3.8, 4) is 0 Å². The third-order valence-corrected chi connectivity index (χ3v) is 4.43. The highest BCUT2D eigenvalue weighted by molar-refractivity contribution is 5.87. The van der Waals surface area contributed by atoms with Gasteiger partial charge in [0.25, 0.3) is 0 Å². The third kappa shape index (κ3) is 2.50. The summed E-state index contributed by atoms with van der Waals surface area (Å²) >= 11 is 0. The maximum atomic E-state index is 12.3. The molecule has 0 bridgehead atoms. The summed E-state index contributed by atoms with van der Waals surface area (Å²) in [5.41, 5.74) is -0.192. The molecule has 1 aromatic carbocycles. The Morgan fingerprint density at radius 1 is 1.52 bits per heavy atom. The molecular formula is C17H20N2O4. The first-order valence-corrected chi connectivity index (χ1v) is 7.28. The van der Waals surface area contributed by atoms with Crippen LogP contribution < -0.4 is 0 Å². The summed E-state index contributed by atoms with van der Waals surface area (Å²) in [5.74, 6) is -1.53. The van der Waals surface area contributed by atoms with Gasteiger partial charge in [0.15, 0.2) is 0 Å². The zero-order valence-corrected chi connectivity index (χ0v) is 13.5. The van der Waals surface area contributed by atoms with Crippen LogP contribution in [0.2, 0.25) is 0 Å². The van der Waals surface area contributed by atoms with Gasteiger partial charge in [0, 0.05) is 35.5 Å². The minimum Gasteiger partial charge on any atom is -0.464 e. The lowest BCUT2D eigenvalue weighted by atomic mass is 9.78. The van der Waals surface area contributed by atoms with Crippen molar-refractivity contribution in [1.29, 1.82) is 0 Å². The molecule has 0 aliphatic carbocycles. The van der Waals surface area contributed by atoms with E-state index in [-0.39, 0.29) is 6.42 Å². The van der Waals surface area contributed by atoms with Crippen molar-refractivity contribution in [3.63, 3.8) is 0 Å². The fraction of sp³-hybridized carbons (Fsp3) is 0.353. The molecule has 0 radical (unpaired) electrons. The van der Waals surface area contributed by atoms with Crippen LogP contribution in [-0.4, -0.2) is 28.1 Å². The maximum Gasteiger partial charge on any atom is 0.385 e. The van der Waals surface area contributed by atoms with Crippen molar-refractivity contribution >= 4 is 16.9 Å². The minimum atomic E-state index is -1.89. The molecule has 6 heteroatoms. The van der Waals surface area contributed by atoms with E-state index in [9.17, 15) is 14.9 Å². The zero-order chi connectivity index (χ0) is 17.2. The van der Waals surface area contributed by atoms with E-state index in [0.29, 0.717) is 0 Å². The molecule has 0 aliphatic rings. The maximum absolute atomic E-state index is 12.3. The Morgan fingerprint density at radius 2 is 2.17 bits per heavy atom. The van der Waals surface area contributed by atoms with Crippen LogP contribution in [0.15, 0.2) is 43.1 Å². The quantitative estimate of drug-likeness (QED) is 0.355. The third-order valence-electron chi connectivity index (χ3n) is 4.43. The number of rotatable bonds is 6. The Morgan fingerprint density at radius 3 is 2.74 bits per heavy atom. The molecule has 2 unspecified atom stereocenters. The molecule has 1 heterocycles. The van der Waals surface area contributed by atoms with E-state index in [1.54, 1.807) is 6.92 Å². The fourth-order valence-corrected chi connectivity index (χ4v) is 3.12. The van der Waals surface area contributed by atoms with Gasteiger partial charge in [-0.15, -0.1) is 6.58 Å². The number of carbonyl (C=O) groups is 1. The van der Waals surface area contributed by atoms with Crippen molar-refractivity contribution < 1.29 is 14.5 Å². The second-order valence-corrected chi connectivity index (χ2v) is 5.60. The van der Waals surface area contributed by atoms with Gasteiger partial charge in [-0.25, -0.2) is 4.79 Å². The summed E-state index contributed by atoms with van der Waals surface area (Å²) in [4.78, 5) is 23.6. The van der Waals surface area contributed by atoms with Crippen LogP contribution in [0.25, 0.3) is 10.9 Å². The van der Waals surface area contributed by atoms with Crippen molar-refractivity contribution in [2.45, 2.75) is 24.8 Å². The molecule has 0 fully saturated rings. The van der Waals surface area contributed by atoms with Crippen molar-refractivity contribution in [2.75, 3.05) is 7.11 Å². The Kier molecular flexibility index (Phi) is 4.54. The fourth-order valence-electron chi connectivity index (χ4n) is 3.12. The van der Waals surface area contributed by atoms with Gasteiger partial charge in [-0.05, 0) is 11.6 Å².